The van der Waals surface area contributed by atoms with Gasteiger partial charge in [0.05, 0.1) is 0 Å². The number of aryl methyl sites for hydroxylation is 2. The van der Waals surface area contributed by atoms with Crippen molar-refractivity contribution in [2.24, 2.45) is 0 Å². The third-order valence-electron chi connectivity index (χ3n) is 13.9. The smallest absolute Gasteiger partial charge is 0.135 e. The Balaban J connectivity index is 0.00000547. The third-order valence-corrected chi connectivity index (χ3v) is 13.9. The zero-order valence-corrected chi connectivity index (χ0v) is 43.4. The summed E-state index contributed by atoms with van der Waals surface area (Å²) < 4.78 is 15.9. The van der Waals surface area contributed by atoms with Crippen molar-refractivity contribution in [1.29, 1.82) is 0 Å². The minimum absolute atomic E-state index is 0. The van der Waals surface area contributed by atoms with Crippen LogP contribution in [0.1, 0.15) is 63.8 Å². The van der Waals surface area contributed by atoms with Crippen molar-refractivity contribution < 1.29 is 30.2 Å². The molecule has 11 aromatic rings. The molecule has 0 spiro atoms. The standard InChI is InChI=1S/C64H53N4O2.Pt/c1-40-33-41(2)59(43-21-13-10-14-22-43)61(58(40)42-19-11-9-12-20-42)67-39-66(52-24-16-17-25-53(52)67)46-34-45(64(6,7)8)35-48(37-46)69-47-27-28-51-55(38-47)68(57-36-44(31-32-65-57)63(3,4)5)54-30-29-50-49-23-15-18-26-56(49)70-62(50)60(51)54;/h9-36,39H,1-8H3;/q-3;. The molecule has 4 heterocycles. The molecule has 0 saturated heterocycles. The predicted octanol–water partition coefficient (Wildman–Crippen LogP) is 17.4. The number of nitrogens with zero attached hydrogens (tertiary/aromatic N) is 4. The number of furan rings is 1. The number of benzene rings is 8. The van der Waals surface area contributed by atoms with Crippen molar-refractivity contribution >= 4 is 66.5 Å². The number of rotatable bonds is 7. The van der Waals surface area contributed by atoms with Gasteiger partial charge in [0.1, 0.15) is 17.0 Å². The van der Waals surface area contributed by atoms with E-state index in [0.29, 0.717) is 11.5 Å². The summed E-state index contributed by atoms with van der Waals surface area (Å²) in [6.07, 6.45) is 1.90. The second-order valence-electron chi connectivity index (χ2n) is 20.7. The number of hydrogen-bond acceptors (Lipinski definition) is 5. The first-order chi connectivity index (χ1) is 33.8. The fraction of sp³-hybridized carbons (Fsp3) is 0.156. The van der Waals surface area contributed by atoms with E-state index in [1.54, 1.807) is 0 Å². The van der Waals surface area contributed by atoms with E-state index in [1.807, 2.05) is 24.4 Å². The first-order valence-electron chi connectivity index (χ1n) is 24.1. The van der Waals surface area contributed by atoms with Crippen LogP contribution in [0.4, 0.5) is 22.7 Å². The quantitative estimate of drug-likeness (QED) is 0.149. The molecule has 1 aliphatic heterocycles. The molecule has 12 rings (SSSR count). The van der Waals surface area contributed by atoms with Gasteiger partial charge in [0.25, 0.3) is 0 Å². The maximum absolute atomic E-state index is 6.99. The summed E-state index contributed by atoms with van der Waals surface area (Å²) >= 11 is 0. The maximum Gasteiger partial charge on any atom is 0.135 e. The van der Waals surface area contributed by atoms with Gasteiger partial charge in [-0.15, -0.1) is 48.3 Å². The number of para-hydroxylation sites is 3. The molecule has 6 nitrogen and oxygen atoms in total. The van der Waals surface area contributed by atoms with Crippen LogP contribution in [-0.4, -0.2) is 9.55 Å². The largest absolute Gasteiger partial charge is 0.509 e. The molecule has 3 aromatic heterocycles. The Kier molecular flexibility index (Phi) is 11.3. The summed E-state index contributed by atoms with van der Waals surface area (Å²) in [7, 11) is 0. The van der Waals surface area contributed by atoms with Gasteiger partial charge in [0.2, 0.25) is 0 Å². The van der Waals surface area contributed by atoms with E-state index < -0.39 is 0 Å². The van der Waals surface area contributed by atoms with Crippen LogP contribution < -0.4 is 14.5 Å². The number of anilines is 4. The van der Waals surface area contributed by atoms with Crippen molar-refractivity contribution in [2.75, 3.05) is 9.80 Å². The van der Waals surface area contributed by atoms with Gasteiger partial charge in [-0.25, -0.2) is 4.98 Å². The molecule has 0 N–H and O–H groups in total. The molecule has 0 fully saturated rings. The zero-order valence-electron chi connectivity index (χ0n) is 41.2. The molecule has 1 aliphatic rings. The minimum Gasteiger partial charge on any atom is -0.509 e. The second-order valence-corrected chi connectivity index (χ2v) is 20.7. The Morgan fingerprint density at radius 3 is 1.86 bits per heavy atom. The van der Waals surface area contributed by atoms with Crippen LogP contribution in [-0.2, 0) is 31.9 Å². The molecule has 71 heavy (non-hydrogen) atoms. The van der Waals surface area contributed by atoms with Crippen LogP contribution in [0.5, 0.6) is 11.5 Å². The molecular formula is C64H53N4O2Pt-3. The van der Waals surface area contributed by atoms with Crippen LogP contribution in [0, 0.1) is 32.6 Å². The van der Waals surface area contributed by atoms with Crippen molar-refractivity contribution in [3.63, 3.8) is 0 Å². The molecule has 0 atom stereocenters. The summed E-state index contributed by atoms with van der Waals surface area (Å²) in [5, 5.41) is 4.18. The molecule has 0 bridgehead atoms. The van der Waals surface area contributed by atoms with Crippen LogP contribution >= 0.6 is 0 Å². The molecule has 0 radical (unpaired) electrons. The van der Waals surface area contributed by atoms with Crippen LogP contribution in [0.2, 0.25) is 0 Å². The summed E-state index contributed by atoms with van der Waals surface area (Å²) in [4.78, 5) is 9.62. The average molecular weight is 1110 g/mol. The average Bonchev–Trinajstić information content (AvgIpc) is 4.03. The Morgan fingerprint density at radius 1 is 0.563 bits per heavy atom. The summed E-state index contributed by atoms with van der Waals surface area (Å²) in [5.74, 6) is 1.97. The summed E-state index contributed by atoms with van der Waals surface area (Å²) in [6, 6.07) is 65.4. The van der Waals surface area contributed by atoms with Gasteiger partial charge < -0.3 is 23.5 Å². The van der Waals surface area contributed by atoms with E-state index in [0.717, 1.165) is 77.9 Å². The number of ether oxygens (including phenoxy) is 1. The second kappa shape index (κ2) is 17.5. The van der Waals surface area contributed by atoms with E-state index in [-0.39, 0.29) is 31.9 Å². The van der Waals surface area contributed by atoms with Gasteiger partial charge in [-0.1, -0.05) is 150 Å². The van der Waals surface area contributed by atoms with E-state index in [2.05, 4.69) is 234 Å². The van der Waals surface area contributed by atoms with Gasteiger partial charge in [-0.05, 0) is 100 Å². The Labute approximate surface area is 430 Å². The number of hydrogen-bond donors (Lipinski definition) is 0. The topological polar surface area (TPSA) is 46.7 Å². The van der Waals surface area contributed by atoms with Gasteiger partial charge in [-0.2, -0.15) is 6.07 Å². The SMILES string of the molecule is Cc1cc(C)c(-c2ccccc2)c(N2[CH-]N(c3[c-]c(Oc4[c-]c5c(cc4)c4c6oc7ccccc7c6ccc4n5-c4cc(C(C)(C)C)ccn4)cc(C(C)(C)C)c3)c3ccccc32)c1-c1ccccc1.[Pt]. The first kappa shape index (κ1) is 46.0. The monoisotopic (exact) mass is 1100 g/mol. The van der Waals surface area contributed by atoms with Crippen molar-refractivity contribution in [3.05, 3.63) is 211 Å². The zero-order chi connectivity index (χ0) is 48.1. The van der Waals surface area contributed by atoms with Crippen molar-refractivity contribution in [2.45, 2.75) is 66.2 Å². The molecule has 0 aliphatic carbocycles. The molecule has 0 amide bonds. The molecule has 354 valence electrons. The van der Waals surface area contributed by atoms with Crippen LogP contribution in [0.3, 0.4) is 0 Å². The first-order valence-corrected chi connectivity index (χ1v) is 24.1. The summed E-state index contributed by atoms with van der Waals surface area (Å²) in [6.45, 7) is 20.1. The molecule has 8 aromatic carbocycles. The summed E-state index contributed by atoms with van der Waals surface area (Å²) in [5.41, 5.74) is 16.8. The molecule has 0 saturated carbocycles. The normalized spacial score (nSPS) is 12.8. The predicted molar refractivity (Wildman–Crippen MR) is 289 cm³/mol. The van der Waals surface area contributed by atoms with Gasteiger partial charge in [0.15, 0.2) is 0 Å². The van der Waals surface area contributed by atoms with Crippen molar-refractivity contribution in [3.8, 4) is 39.6 Å². The fourth-order valence-corrected chi connectivity index (χ4v) is 10.4. The Morgan fingerprint density at radius 2 is 1.18 bits per heavy atom. The van der Waals surface area contributed by atoms with Crippen LogP contribution in [0.25, 0.3) is 71.8 Å². The number of fused-ring (bicyclic) bond motifs is 8. The number of aromatic nitrogens is 2. The number of pyridine rings is 1. The fourth-order valence-electron chi connectivity index (χ4n) is 10.4. The van der Waals surface area contributed by atoms with Gasteiger partial charge in [-0.3, -0.25) is 0 Å². The molecule has 0 unspecified atom stereocenters. The maximum atomic E-state index is 6.99. The van der Waals surface area contributed by atoms with Gasteiger partial charge in [0, 0.05) is 83.2 Å². The van der Waals surface area contributed by atoms with Gasteiger partial charge >= 0.3 is 0 Å². The third kappa shape index (κ3) is 7.90. The minimum atomic E-state index is -0.211. The van der Waals surface area contributed by atoms with E-state index >= 15 is 0 Å². The van der Waals surface area contributed by atoms with E-state index in [4.69, 9.17) is 14.1 Å². The molecular weight excluding hydrogens is 1050 g/mol. The van der Waals surface area contributed by atoms with E-state index in [1.165, 1.54) is 38.9 Å². The van der Waals surface area contributed by atoms with Crippen LogP contribution in [0.15, 0.2) is 174 Å². The molecule has 7 heteroatoms. The van der Waals surface area contributed by atoms with E-state index in [9.17, 15) is 0 Å². The van der Waals surface area contributed by atoms with Crippen molar-refractivity contribution in [1.82, 2.24) is 9.55 Å². The Bertz CT molecular complexity index is 3780. The Hall–Kier alpha value is -7.40.